The maximum atomic E-state index is 15.2. The van der Waals surface area contributed by atoms with Crippen molar-refractivity contribution in [3.63, 3.8) is 0 Å². The Kier molecular flexibility index (Phi) is 31.0. The van der Waals surface area contributed by atoms with Gasteiger partial charge in [-0.2, -0.15) is 0 Å². The first-order chi connectivity index (χ1) is 46.2. The van der Waals surface area contributed by atoms with E-state index in [2.05, 4.69) is 10.6 Å². The van der Waals surface area contributed by atoms with Crippen LogP contribution in [0, 0.1) is 5.41 Å². The molecule has 3 N–H and O–H groups in total. The third-order valence-corrected chi connectivity index (χ3v) is 14.3. The van der Waals surface area contributed by atoms with E-state index in [1.54, 1.807) is 6.07 Å². The summed E-state index contributed by atoms with van der Waals surface area (Å²) in [6.45, 7) is 5.09. The molecule has 3 aliphatic heterocycles. The Morgan fingerprint density at radius 2 is 0.990 bits per heavy atom. The predicted molar refractivity (Wildman–Crippen MR) is 321 cm³/mol. The fraction of sp³-hybridized carbons (Fsp3) is 0.627. The van der Waals surface area contributed by atoms with E-state index in [1.165, 1.54) is 24.3 Å². The predicted octanol–water partition coefficient (Wildman–Crippen LogP) is 0.220. The number of nitrogens with one attached hydrogen (secondary N) is 3. The molecule has 2 amide bonds. The van der Waals surface area contributed by atoms with Crippen LogP contribution in [-0.2, 0) is 157 Å². The van der Waals surface area contributed by atoms with Crippen LogP contribution in [0.15, 0.2) is 30.3 Å². The maximum Gasteiger partial charge on any atom is 0.366 e. The Labute approximate surface area is 578 Å². The van der Waals surface area contributed by atoms with Gasteiger partial charge in [-0.05, 0) is 12.1 Å². The van der Waals surface area contributed by atoms with Crippen molar-refractivity contribution in [2.75, 3.05) is 40.6 Å². The summed E-state index contributed by atoms with van der Waals surface area (Å²) in [4.78, 5) is 201. The van der Waals surface area contributed by atoms with E-state index in [9.17, 15) is 62.3 Å². The van der Waals surface area contributed by atoms with Crippen LogP contribution in [0.3, 0.4) is 0 Å². The number of carbonyl (C=O) groups is 15. The maximum absolute atomic E-state index is 15.2. The van der Waals surface area contributed by atoms with Crippen molar-refractivity contribution in [1.82, 2.24) is 10.6 Å². The molecule has 40 heteroatoms. The number of amides is 2. The van der Waals surface area contributed by atoms with Crippen LogP contribution in [0.1, 0.15) is 99.4 Å². The Morgan fingerprint density at radius 3 is 1.43 bits per heavy atom. The second-order valence-corrected chi connectivity index (χ2v) is 24.0. The molecule has 0 radical (unpaired) electrons. The van der Waals surface area contributed by atoms with Gasteiger partial charge in [0, 0.05) is 82.6 Å². The number of halogens is 3. The van der Waals surface area contributed by atoms with E-state index in [1.807, 2.05) is 0 Å². The molecule has 0 aromatic heterocycles. The molecule has 0 saturated carbocycles. The molecule has 1 aromatic rings. The SMILES string of the molecule is COC(=O)[C@@]1(O[C@H]2C[C@](OC[C@H]3O[C@H](OC(=N)C(Cl)(Cl)Cl)[C@H](OC(=O)c4ccccc4)[C@@H](OC(C)=O)[C@@H]3OC(C)=O)(C(=O)OC)O[C@@H]([C@H](OC(C)=O)[C@@H](COC(C)=O)OC(C)=O)[C@@H]2NC(C)=O)C[C@H](OC(C)=O)[C@@H](NC(=O)COC(C)=O)[C@H]([C@H](OC(C)=O)[C@@H](COC(C)=O)OC(C)=O)O1. The van der Waals surface area contributed by atoms with Gasteiger partial charge in [0.2, 0.25) is 24.2 Å². The van der Waals surface area contributed by atoms with Gasteiger partial charge in [-0.25, -0.2) is 14.4 Å². The minimum Gasteiger partial charge on any atom is -0.465 e. The number of ether oxygens (including phenoxy) is 19. The normalized spacial score (nSPS) is 26.1. The molecule has 0 aliphatic carbocycles. The molecule has 1 aromatic carbocycles. The Morgan fingerprint density at radius 1 is 0.535 bits per heavy atom. The van der Waals surface area contributed by atoms with Crippen molar-refractivity contribution in [3.05, 3.63) is 35.9 Å². The highest BCUT2D eigenvalue weighted by Gasteiger charge is 2.66. The Bertz CT molecular complexity index is 3170. The molecule has 0 spiro atoms. The Hall–Kier alpha value is -8.59. The summed E-state index contributed by atoms with van der Waals surface area (Å²) in [7, 11) is 1.49. The molecular formula is C59H74Cl3N3O34. The number of rotatable bonds is 29. The molecule has 3 heterocycles. The van der Waals surface area contributed by atoms with Gasteiger partial charge in [0.15, 0.2) is 43.2 Å². The number of hydrogen-bond acceptors (Lipinski definition) is 35. The minimum absolute atomic E-state index is 0.138. The molecule has 0 bridgehead atoms. The van der Waals surface area contributed by atoms with Gasteiger partial charge in [-0.1, -0.05) is 53.0 Å². The first kappa shape index (κ1) is 82.8. The lowest BCUT2D eigenvalue weighted by Crippen LogP contribution is -2.73. The van der Waals surface area contributed by atoms with E-state index in [0.29, 0.717) is 0 Å². The average molecular weight is 1480 g/mol. The lowest BCUT2D eigenvalue weighted by Gasteiger charge is -2.53. The standard InChI is InChI=1S/C59H74Cl3N3O34/c1-25(66)64-44-38(97-58(56(80)82-13)19-37(87-29(5)70)43(65-42(77)24-85-28(4)69)48(99-58)45(90-32(8)73)39(88-30(6)71)21-83-26(2)67)20-57(55(79)81-12,98-49(44)46(91-33(9)74)40(89-31(7)72)22-84-27(3)68)86-23-41-47(92-34(10)75)50(93-35(11)76)51(53(94-41)96-54(63)59(60,61)62)95-52(78)36-17-15-14-16-18-36/h14-18,37-41,43-51,53,63H,19-24H2,1-13H3,(H,64,66)(H,65,77)/t37-,38-,39+,40+,41+,43+,44+,45+,46+,47+,48+,49+,50-,51+,53+,57+,58+/m0/s1. The van der Waals surface area contributed by atoms with Gasteiger partial charge in [0.25, 0.3) is 21.3 Å². The summed E-state index contributed by atoms with van der Waals surface area (Å²) in [5.41, 5.74) is -0.138. The largest absolute Gasteiger partial charge is 0.465 e. The fourth-order valence-electron chi connectivity index (χ4n) is 10.3. The van der Waals surface area contributed by atoms with Gasteiger partial charge in [0.05, 0.1) is 51.0 Å². The van der Waals surface area contributed by atoms with Crippen LogP contribution < -0.4 is 10.6 Å². The highest BCUT2D eigenvalue weighted by atomic mass is 35.6. The zero-order valence-electron chi connectivity index (χ0n) is 55.3. The van der Waals surface area contributed by atoms with Crippen molar-refractivity contribution >= 4 is 130 Å². The van der Waals surface area contributed by atoms with Gasteiger partial charge < -0.3 is 101 Å². The first-order valence-corrected chi connectivity index (χ1v) is 30.5. The second-order valence-electron chi connectivity index (χ2n) is 21.7. The van der Waals surface area contributed by atoms with E-state index in [-0.39, 0.29) is 5.56 Å². The fourth-order valence-corrected chi connectivity index (χ4v) is 10.5. The van der Waals surface area contributed by atoms with E-state index >= 15 is 9.59 Å². The summed E-state index contributed by atoms with van der Waals surface area (Å²) in [5, 5.41) is 13.4. The molecule has 3 aliphatic rings. The van der Waals surface area contributed by atoms with Crippen molar-refractivity contribution < 1.29 is 162 Å². The van der Waals surface area contributed by atoms with Crippen LogP contribution in [0.25, 0.3) is 0 Å². The van der Waals surface area contributed by atoms with Crippen LogP contribution >= 0.6 is 34.8 Å². The third kappa shape index (κ3) is 24.4. The summed E-state index contributed by atoms with van der Waals surface area (Å²) >= 11 is 18.1. The number of hydrogen-bond donors (Lipinski definition) is 3. The van der Waals surface area contributed by atoms with Gasteiger partial charge in [-0.3, -0.25) is 62.9 Å². The molecule has 4 rings (SSSR count). The summed E-state index contributed by atoms with van der Waals surface area (Å²) in [6, 6.07) is 2.86. The van der Waals surface area contributed by atoms with Gasteiger partial charge in [0.1, 0.15) is 37.6 Å². The van der Waals surface area contributed by atoms with Crippen LogP contribution in [0.2, 0.25) is 0 Å². The van der Waals surface area contributed by atoms with Crippen molar-refractivity contribution in [1.29, 1.82) is 5.41 Å². The second kappa shape index (κ2) is 37.0. The molecule has 37 nitrogen and oxygen atoms in total. The number of methoxy groups -OCH3 is 2. The van der Waals surface area contributed by atoms with Crippen LogP contribution in [0.4, 0.5) is 0 Å². The van der Waals surface area contributed by atoms with Crippen molar-refractivity contribution in [2.45, 2.75) is 196 Å². The van der Waals surface area contributed by atoms with E-state index in [4.69, 9.17) is 130 Å². The first-order valence-electron chi connectivity index (χ1n) is 29.4. The number of carbonyl (C=O) groups excluding carboxylic acids is 15. The monoisotopic (exact) mass is 1470 g/mol. The number of benzene rings is 1. The van der Waals surface area contributed by atoms with Crippen LogP contribution in [-0.4, -0.2) is 243 Å². The molecule has 0 unspecified atom stereocenters. The summed E-state index contributed by atoms with van der Waals surface area (Å²) in [6.07, 6.45) is -31.2. The zero-order chi connectivity index (χ0) is 74.6. The zero-order valence-corrected chi connectivity index (χ0v) is 57.6. The molecule has 17 atom stereocenters. The van der Waals surface area contributed by atoms with Crippen molar-refractivity contribution in [2.24, 2.45) is 0 Å². The Balaban J connectivity index is 2.23. The smallest absolute Gasteiger partial charge is 0.366 e. The van der Waals surface area contributed by atoms with Gasteiger partial charge in [-0.15, -0.1) is 0 Å². The number of alkyl halides is 3. The molecule has 3 fully saturated rings. The topological polar surface area (TPSA) is 479 Å². The molecule has 3 saturated heterocycles. The average Bonchev–Trinajstić information content (AvgIpc) is 0.742. The molecular weight excluding hydrogens is 1400 g/mol. The summed E-state index contributed by atoms with van der Waals surface area (Å²) in [5.74, 6) is -26.3. The van der Waals surface area contributed by atoms with Crippen LogP contribution in [0.5, 0.6) is 0 Å². The number of esters is 13. The summed E-state index contributed by atoms with van der Waals surface area (Å²) < 4.78 is 107. The highest BCUT2D eigenvalue weighted by Crippen LogP contribution is 2.44. The van der Waals surface area contributed by atoms with E-state index in [0.717, 1.165) is 90.4 Å². The lowest BCUT2D eigenvalue weighted by molar-refractivity contribution is -0.365. The van der Waals surface area contributed by atoms with Gasteiger partial charge >= 0.3 is 77.6 Å². The van der Waals surface area contributed by atoms with Crippen molar-refractivity contribution in [3.8, 4) is 0 Å². The lowest BCUT2D eigenvalue weighted by atomic mass is 9.85. The molecule has 99 heavy (non-hydrogen) atoms. The minimum atomic E-state index is -3.37. The third-order valence-electron chi connectivity index (χ3n) is 13.8. The highest BCUT2D eigenvalue weighted by molar-refractivity contribution is 6.76. The molecule has 550 valence electrons. The van der Waals surface area contributed by atoms with E-state index < -0.39 is 242 Å². The quantitative estimate of drug-likeness (QED) is 0.0317.